The van der Waals surface area contributed by atoms with E-state index < -0.39 is 0 Å². The molecule has 8 nitrogen and oxygen atoms in total. The van der Waals surface area contributed by atoms with Gasteiger partial charge >= 0.3 is 0 Å². The van der Waals surface area contributed by atoms with Crippen molar-refractivity contribution < 1.29 is 19.1 Å². The number of rotatable bonds is 6. The Labute approximate surface area is 175 Å². The van der Waals surface area contributed by atoms with Gasteiger partial charge in [0.25, 0.3) is 0 Å². The Hall–Kier alpha value is -2.26. The summed E-state index contributed by atoms with van der Waals surface area (Å²) in [6, 6.07) is 7.63. The summed E-state index contributed by atoms with van der Waals surface area (Å²) in [5, 5.41) is 6.30. The maximum Gasteiger partial charge on any atom is 0.224 e. The number of amides is 3. The molecule has 3 rings (SSSR count). The number of hydrogen-bond acceptors (Lipinski definition) is 6. The van der Waals surface area contributed by atoms with Gasteiger partial charge in [-0.25, -0.2) is 0 Å². The molecule has 2 aliphatic heterocycles. The summed E-state index contributed by atoms with van der Waals surface area (Å²) in [5.41, 5.74) is 0.863. The normalized spacial score (nSPS) is 22.2. The molecule has 0 spiro atoms. The van der Waals surface area contributed by atoms with Crippen LogP contribution in [0.5, 0.6) is 5.75 Å². The number of hydrogen-bond donors (Lipinski definition) is 2. The highest BCUT2D eigenvalue weighted by Gasteiger charge is 2.30. The number of ether oxygens (including phenoxy) is 1. The number of thioether (sulfide) groups is 1. The van der Waals surface area contributed by atoms with Gasteiger partial charge in [-0.2, -0.15) is 0 Å². The first-order chi connectivity index (χ1) is 13.9. The largest absolute Gasteiger partial charge is 0.497 e. The fraction of sp³-hybridized carbons (Fsp3) is 0.550. The third kappa shape index (κ3) is 6.11. The van der Waals surface area contributed by atoms with E-state index in [0.717, 1.165) is 11.3 Å². The molecule has 0 aliphatic carbocycles. The first-order valence-electron chi connectivity index (χ1n) is 9.78. The fourth-order valence-corrected chi connectivity index (χ4v) is 4.56. The zero-order chi connectivity index (χ0) is 20.8. The number of methoxy groups -OCH3 is 1. The van der Waals surface area contributed by atoms with Crippen molar-refractivity contribution in [3.05, 3.63) is 29.8 Å². The van der Waals surface area contributed by atoms with Gasteiger partial charge in [0.1, 0.15) is 11.2 Å². The lowest BCUT2D eigenvalue weighted by molar-refractivity contribution is -0.139. The van der Waals surface area contributed by atoms with E-state index in [4.69, 9.17) is 4.74 Å². The van der Waals surface area contributed by atoms with Crippen molar-refractivity contribution in [3.63, 3.8) is 0 Å². The van der Waals surface area contributed by atoms with Gasteiger partial charge in [0.15, 0.2) is 0 Å². The number of nitrogens with one attached hydrogen (secondary N) is 2. The van der Waals surface area contributed by atoms with Crippen LogP contribution >= 0.6 is 11.8 Å². The van der Waals surface area contributed by atoms with Crippen molar-refractivity contribution in [2.75, 3.05) is 33.3 Å². The van der Waals surface area contributed by atoms with Crippen LogP contribution in [0.25, 0.3) is 0 Å². The summed E-state index contributed by atoms with van der Waals surface area (Å²) >= 11 is 1.58. The van der Waals surface area contributed by atoms with E-state index >= 15 is 0 Å². The number of benzene rings is 1. The molecule has 2 saturated heterocycles. The molecule has 2 atom stereocenters. The second-order valence-electron chi connectivity index (χ2n) is 7.27. The van der Waals surface area contributed by atoms with Crippen LogP contribution in [0.2, 0.25) is 0 Å². The molecule has 1 aromatic rings. The Morgan fingerprint density at radius 3 is 2.62 bits per heavy atom. The highest BCUT2D eigenvalue weighted by Crippen LogP contribution is 2.22. The van der Waals surface area contributed by atoms with E-state index in [1.54, 1.807) is 35.6 Å². The molecule has 2 fully saturated rings. The van der Waals surface area contributed by atoms with E-state index in [2.05, 4.69) is 10.6 Å². The maximum absolute atomic E-state index is 12.6. The third-order valence-corrected chi connectivity index (χ3v) is 6.25. The van der Waals surface area contributed by atoms with Gasteiger partial charge in [0.05, 0.1) is 7.11 Å². The van der Waals surface area contributed by atoms with Crippen molar-refractivity contribution >= 4 is 29.5 Å². The molecular weight excluding hydrogens is 392 g/mol. The Kier molecular flexibility index (Phi) is 7.38. The zero-order valence-electron chi connectivity index (χ0n) is 16.8. The maximum atomic E-state index is 12.6. The molecule has 2 N–H and O–H groups in total. The predicted octanol–water partition coefficient (Wildman–Crippen LogP) is 0.771. The SMILES string of the molecule is COc1cccc(CSC2NC(=O)CC(CC(=O)N3CCN(C(C)=O)CC3)N2)c1. The molecule has 158 valence electrons. The van der Waals surface area contributed by atoms with E-state index in [1.807, 2.05) is 24.3 Å². The van der Waals surface area contributed by atoms with Crippen LogP contribution in [-0.2, 0) is 20.1 Å². The Morgan fingerprint density at radius 1 is 1.21 bits per heavy atom. The van der Waals surface area contributed by atoms with E-state index in [9.17, 15) is 14.4 Å². The predicted molar refractivity (Wildman–Crippen MR) is 111 cm³/mol. The Bertz CT molecular complexity index is 752. The summed E-state index contributed by atoms with van der Waals surface area (Å²) in [6.07, 6.45) is 0.569. The standard InChI is InChI=1S/C20H28N4O4S/c1-14(25)23-6-8-24(9-7-23)19(27)12-16-11-18(26)22-20(21-16)29-13-15-4-3-5-17(10-15)28-2/h3-5,10,16,20-21H,6-9,11-13H2,1-2H3,(H,22,26). The van der Waals surface area contributed by atoms with Crippen LogP contribution in [0, 0.1) is 0 Å². The molecule has 0 saturated carbocycles. The van der Waals surface area contributed by atoms with Crippen molar-refractivity contribution in [2.24, 2.45) is 0 Å². The number of carbonyl (C=O) groups excluding carboxylic acids is 3. The van der Waals surface area contributed by atoms with E-state index in [-0.39, 0.29) is 42.1 Å². The van der Waals surface area contributed by atoms with Crippen LogP contribution < -0.4 is 15.4 Å². The first kappa shape index (κ1) is 21.4. The number of nitrogens with zero attached hydrogens (tertiary/aromatic N) is 2. The van der Waals surface area contributed by atoms with Gasteiger partial charge in [-0.1, -0.05) is 12.1 Å². The Morgan fingerprint density at radius 2 is 1.93 bits per heavy atom. The molecule has 2 heterocycles. The van der Waals surface area contributed by atoms with Crippen molar-refractivity contribution in [2.45, 2.75) is 37.1 Å². The lowest BCUT2D eigenvalue weighted by Gasteiger charge is -2.36. The first-order valence-corrected chi connectivity index (χ1v) is 10.8. The van der Waals surface area contributed by atoms with Crippen molar-refractivity contribution in [1.82, 2.24) is 20.4 Å². The molecule has 0 bridgehead atoms. The quantitative estimate of drug-likeness (QED) is 0.707. The van der Waals surface area contributed by atoms with Gasteiger partial charge in [-0.15, -0.1) is 11.8 Å². The average Bonchev–Trinajstić information content (AvgIpc) is 2.72. The summed E-state index contributed by atoms with van der Waals surface area (Å²) in [7, 11) is 1.64. The van der Waals surface area contributed by atoms with Crippen LogP contribution in [0.3, 0.4) is 0 Å². The molecular formula is C20H28N4O4S. The minimum atomic E-state index is -0.241. The summed E-state index contributed by atoms with van der Waals surface area (Å²) in [4.78, 5) is 39.7. The fourth-order valence-electron chi connectivity index (χ4n) is 3.52. The smallest absolute Gasteiger partial charge is 0.224 e. The summed E-state index contributed by atoms with van der Waals surface area (Å²) in [6.45, 7) is 3.78. The average molecular weight is 421 g/mol. The monoisotopic (exact) mass is 420 g/mol. The van der Waals surface area contributed by atoms with Crippen LogP contribution in [-0.4, -0.2) is 72.3 Å². The molecule has 1 aromatic carbocycles. The summed E-state index contributed by atoms with van der Waals surface area (Å²) in [5.74, 6) is 1.53. The topological polar surface area (TPSA) is 91.0 Å². The minimum absolute atomic E-state index is 0.0250. The van der Waals surface area contributed by atoms with Gasteiger partial charge in [0.2, 0.25) is 17.7 Å². The highest BCUT2D eigenvalue weighted by molar-refractivity contribution is 7.99. The molecule has 0 aromatic heterocycles. The molecule has 2 aliphatic rings. The second kappa shape index (κ2) is 9.98. The van der Waals surface area contributed by atoms with Crippen LogP contribution in [0.4, 0.5) is 0 Å². The lowest BCUT2D eigenvalue weighted by Crippen LogP contribution is -2.56. The lowest BCUT2D eigenvalue weighted by atomic mass is 10.1. The van der Waals surface area contributed by atoms with Gasteiger partial charge in [-0.3, -0.25) is 19.7 Å². The van der Waals surface area contributed by atoms with Gasteiger partial charge in [0, 0.05) is 57.7 Å². The minimum Gasteiger partial charge on any atom is -0.497 e. The van der Waals surface area contributed by atoms with E-state index in [1.165, 1.54) is 0 Å². The Balaban J connectivity index is 1.48. The zero-order valence-corrected chi connectivity index (χ0v) is 17.7. The molecule has 2 unspecified atom stereocenters. The van der Waals surface area contributed by atoms with Crippen LogP contribution in [0.1, 0.15) is 25.3 Å². The van der Waals surface area contributed by atoms with Crippen molar-refractivity contribution in [1.29, 1.82) is 0 Å². The van der Waals surface area contributed by atoms with Crippen LogP contribution in [0.15, 0.2) is 24.3 Å². The third-order valence-electron chi connectivity index (χ3n) is 5.16. The highest BCUT2D eigenvalue weighted by atomic mass is 32.2. The second-order valence-corrected chi connectivity index (χ2v) is 8.36. The molecule has 0 radical (unpaired) electrons. The van der Waals surface area contributed by atoms with Crippen molar-refractivity contribution in [3.8, 4) is 5.75 Å². The number of carbonyl (C=O) groups is 3. The number of piperazine rings is 1. The van der Waals surface area contributed by atoms with Gasteiger partial charge < -0.3 is 19.9 Å². The molecule has 3 amide bonds. The van der Waals surface area contributed by atoms with E-state index in [0.29, 0.717) is 31.9 Å². The molecule has 29 heavy (non-hydrogen) atoms. The molecule has 9 heteroatoms. The van der Waals surface area contributed by atoms with Gasteiger partial charge in [-0.05, 0) is 17.7 Å². The summed E-state index contributed by atoms with van der Waals surface area (Å²) < 4.78 is 5.24.